The molecule has 7 N–H and O–H groups in total. The molecule has 2 aliphatic rings. The second-order valence-corrected chi connectivity index (χ2v) is 18.0. The van der Waals surface area contributed by atoms with Crippen molar-refractivity contribution in [3.63, 3.8) is 0 Å². The molecule has 11 atom stereocenters. The van der Waals surface area contributed by atoms with Gasteiger partial charge in [0.2, 0.25) is 0 Å². The number of esters is 2. The van der Waals surface area contributed by atoms with Crippen molar-refractivity contribution in [3.8, 4) is 0 Å². The molecule has 0 aromatic rings. The number of carbonyl (C=O) groups is 2. The van der Waals surface area contributed by atoms with Gasteiger partial charge in [-0.15, -0.1) is 0 Å². The SMILES string of the molecule is CC/C=C/C=C/C=C/CCCCCCCC(=O)OC(COC(=O)CCCCCCCCCCCC/C=C/C/C=C/C/C=C/CC)CO[C@@H]1O[C@H](CO[C@@H]2O[C@H](CO)[C@H](O)C(O)C2O)[C@H](O)C(O)C1O. The van der Waals surface area contributed by atoms with Gasteiger partial charge < -0.3 is 64.2 Å². The average molecular weight is 979 g/mol. The van der Waals surface area contributed by atoms with Gasteiger partial charge in [0.15, 0.2) is 18.7 Å². The van der Waals surface area contributed by atoms with E-state index in [4.69, 9.17) is 28.4 Å². The van der Waals surface area contributed by atoms with E-state index in [-0.39, 0.29) is 19.4 Å². The van der Waals surface area contributed by atoms with Gasteiger partial charge in [0, 0.05) is 12.8 Å². The van der Waals surface area contributed by atoms with E-state index < -0.39 is 99.3 Å². The summed E-state index contributed by atoms with van der Waals surface area (Å²) in [7, 11) is 0. The average Bonchev–Trinajstić information content (AvgIpc) is 3.34. The molecule has 0 bridgehead atoms. The van der Waals surface area contributed by atoms with Crippen LogP contribution in [0.4, 0.5) is 0 Å². The second kappa shape index (κ2) is 40.5. The lowest BCUT2D eigenvalue weighted by Gasteiger charge is -2.42. The smallest absolute Gasteiger partial charge is 0.306 e. The van der Waals surface area contributed by atoms with E-state index in [0.29, 0.717) is 12.8 Å². The highest BCUT2D eigenvalue weighted by Gasteiger charge is 2.47. The molecule has 15 nitrogen and oxygen atoms in total. The van der Waals surface area contributed by atoms with Gasteiger partial charge in [0.25, 0.3) is 0 Å². The first-order valence-electron chi connectivity index (χ1n) is 26.1. The maximum Gasteiger partial charge on any atom is 0.306 e. The Hall–Kier alpha value is -3.06. The number of unbranched alkanes of at least 4 members (excludes halogenated alkanes) is 15. The third-order valence-electron chi connectivity index (χ3n) is 12.0. The molecule has 15 heteroatoms. The summed E-state index contributed by atoms with van der Waals surface area (Å²) in [6.45, 7) is 2.31. The maximum atomic E-state index is 13.0. The minimum absolute atomic E-state index is 0.138. The predicted octanol–water partition coefficient (Wildman–Crippen LogP) is 7.43. The van der Waals surface area contributed by atoms with Crippen LogP contribution in [0.1, 0.15) is 162 Å². The Balaban J connectivity index is 1.78. The molecule has 2 aliphatic heterocycles. The first-order chi connectivity index (χ1) is 33.5. The lowest BCUT2D eigenvalue weighted by atomic mass is 9.98. The quantitative estimate of drug-likeness (QED) is 0.0137. The topological polar surface area (TPSA) is 231 Å². The van der Waals surface area contributed by atoms with Crippen LogP contribution in [0.15, 0.2) is 72.9 Å². The number of carbonyl (C=O) groups excluding carboxylic acids is 2. The van der Waals surface area contributed by atoms with Crippen molar-refractivity contribution in [2.45, 2.75) is 229 Å². The summed E-state index contributed by atoms with van der Waals surface area (Å²) in [6.07, 6.45) is 30.8. The molecule has 5 unspecified atom stereocenters. The first kappa shape index (κ1) is 62.1. The molecule has 2 heterocycles. The first-order valence-corrected chi connectivity index (χ1v) is 26.1. The van der Waals surface area contributed by atoms with Gasteiger partial charge in [0.05, 0.1) is 19.8 Å². The third-order valence-corrected chi connectivity index (χ3v) is 12.0. The van der Waals surface area contributed by atoms with Gasteiger partial charge in [-0.25, -0.2) is 0 Å². The number of allylic oxidation sites excluding steroid dienone is 12. The van der Waals surface area contributed by atoms with Crippen LogP contribution >= 0.6 is 0 Å². The van der Waals surface area contributed by atoms with Crippen LogP contribution in [-0.2, 0) is 38.0 Å². The molecule has 0 radical (unpaired) electrons. The number of hydrogen-bond donors (Lipinski definition) is 7. The molecule has 2 fully saturated rings. The Morgan fingerprint density at radius 1 is 0.478 bits per heavy atom. The molecular formula is C54H90O15. The van der Waals surface area contributed by atoms with E-state index in [1.807, 2.05) is 24.3 Å². The molecule has 2 saturated heterocycles. The maximum absolute atomic E-state index is 13.0. The van der Waals surface area contributed by atoms with Crippen LogP contribution in [0.2, 0.25) is 0 Å². The fourth-order valence-electron chi connectivity index (χ4n) is 7.76. The highest BCUT2D eigenvalue weighted by molar-refractivity contribution is 5.70. The van der Waals surface area contributed by atoms with E-state index in [2.05, 4.69) is 62.5 Å². The van der Waals surface area contributed by atoms with Crippen LogP contribution in [0.25, 0.3) is 0 Å². The predicted molar refractivity (Wildman–Crippen MR) is 266 cm³/mol. The molecule has 0 aromatic heterocycles. The van der Waals surface area contributed by atoms with Crippen LogP contribution in [-0.4, -0.2) is 142 Å². The molecular weight excluding hydrogens is 889 g/mol. The standard InChI is InChI=1S/C54H90O15/c1-3-5-7-9-11-13-15-17-18-19-20-21-22-23-25-26-28-30-32-34-36-45(56)64-39-42(67-46(57)37-35-33-31-29-27-24-16-14-12-10-8-6-4-2)40-65-53-52(63)50(61)48(59)44(69-53)41-66-54-51(62)49(60)47(58)43(38-55)68-54/h5-8,10-14,16-18,42-44,47-55,58-63H,3-4,9,15,19-41H2,1-2H3/b7-5+,8-6+,12-10+,13-11+,16-14+,18-17+/t42?,43-,44-,47+,48+,49?,50?,51?,52?,53-,54-/m1/s1. The third kappa shape index (κ3) is 28.5. The fourth-order valence-corrected chi connectivity index (χ4v) is 7.76. The number of ether oxygens (including phenoxy) is 6. The number of hydrogen-bond acceptors (Lipinski definition) is 15. The van der Waals surface area contributed by atoms with E-state index in [1.54, 1.807) is 0 Å². The van der Waals surface area contributed by atoms with Gasteiger partial charge >= 0.3 is 11.9 Å². The van der Waals surface area contributed by atoms with Crippen molar-refractivity contribution >= 4 is 11.9 Å². The van der Waals surface area contributed by atoms with Crippen LogP contribution in [0.5, 0.6) is 0 Å². The van der Waals surface area contributed by atoms with Gasteiger partial charge in [-0.1, -0.05) is 157 Å². The summed E-state index contributed by atoms with van der Waals surface area (Å²) < 4.78 is 33.5. The number of aliphatic hydroxyl groups is 7. The molecule has 396 valence electrons. The number of aliphatic hydroxyl groups excluding tert-OH is 7. The summed E-state index contributed by atoms with van der Waals surface area (Å²) in [5, 5.41) is 72.1. The fraction of sp³-hybridized carbons (Fsp3) is 0.741. The van der Waals surface area contributed by atoms with Crippen molar-refractivity contribution in [3.05, 3.63) is 72.9 Å². The van der Waals surface area contributed by atoms with Crippen molar-refractivity contribution in [2.24, 2.45) is 0 Å². The summed E-state index contributed by atoms with van der Waals surface area (Å²) in [5.74, 6) is -0.959. The van der Waals surface area contributed by atoms with Gasteiger partial charge in [0.1, 0.15) is 55.4 Å². The summed E-state index contributed by atoms with van der Waals surface area (Å²) in [5.41, 5.74) is 0. The van der Waals surface area contributed by atoms with Crippen molar-refractivity contribution in [1.29, 1.82) is 0 Å². The highest BCUT2D eigenvalue weighted by atomic mass is 16.7. The minimum Gasteiger partial charge on any atom is -0.462 e. The van der Waals surface area contributed by atoms with Crippen molar-refractivity contribution in [1.82, 2.24) is 0 Å². The van der Waals surface area contributed by atoms with Crippen molar-refractivity contribution in [2.75, 3.05) is 26.4 Å². The molecule has 0 saturated carbocycles. The van der Waals surface area contributed by atoms with Gasteiger partial charge in [-0.05, 0) is 64.2 Å². The Kier molecular flexibility index (Phi) is 36.4. The van der Waals surface area contributed by atoms with Crippen LogP contribution in [0.3, 0.4) is 0 Å². The monoisotopic (exact) mass is 979 g/mol. The van der Waals surface area contributed by atoms with Gasteiger partial charge in [-0.3, -0.25) is 9.59 Å². The molecule has 2 rings (SSSR count). The zero-order chi connectivity index (χ0) is 50.3. The minimum atomic E-state index is -1.77. The molecule has 69 heavy (non-hydrogen) atoms. The Morgan fingerprint density at radius 3 is 1.52 bits per heavy atom. The largest absolute Gasteiger partial charge is 0.462 e. The lowest BCUT2D eigenvalue weighted by molar-refractivity contribution is -0.332. The van der Waals surface area contributed by atoms with E-state index in [9.17, 15) is 45.3 Å². The van der Waals surface area contributed by atoms with E-state index in [0.717, 1.165) is 83.5 Å². The summed E-state index contributed by atoms with van der Waals surface area (Å²) in [6, 6.07) is 0. The Labute approximate surface area is 412 Å². The Morgan fingerprint density at radius 2 is 0.942 bits per heavy atom. The lowest BCUT2D eigenvalue weighted by Crippen LogP contribution is -2.61. The van der Waals surface area contributed by atoms with Crippen LogP contribution < -0.4 is 0 Å². The van der Waals surface area contributed by atoms with Crippen molar-refractivity contribution < 1.29 is 73.8 Å². The van der Waals surface area contributed by atoms with E-state index >= 15 is 0 Å². The van der Waals surface area contributed by atoms with Gasteiger partial charge in [-0.2, -0.15) is 0 Å². The highest BCUT2D eigenvalue weighted by Crippen LogP contribution is 2.26. The molecule has 0 aliphatic carbocycles. The zero-order valence-corrected chi connectivity index (χ0v) is 41.8. The summed E-state index contributed by atoms with van der Waals surface area (Å²) >= 11 is 0. The van der Waals surface area contributed by atoms with Crippen LogP contribution in [0, 0.1) is 0 Å². The second-order valence-electron chi connectivity index (χ2n) is 18.0. The summed E-state index contributed by atoms with van der Waals surface area (Å²) in [4.78, 5) is 25.8. The normalized spacial score (nSPS) is 26.2. The zero-order valence-electron chi connectivity index (χ0n) is 41.8. The number of rotatable bonds is 39. The molecule has 0 spiro atoms. The van der Waals surface area contributed by atoms with E-state index in [1.165, 1.54) is 38.5 Å². The Bertz CT molecular complexity index is 1480. The molecule has 0 amide bonds. The molecule has 0 aromatic carbocycles.